The zero-order valence-corrected chi connectivity index (χ0v) is 13.0. The highest BCUT2D eigenvalue weighted by molar-refractivity contribution is 5.92. The molecule has 2 aliphatic rings. The fraction of sp³-hybridized carbons (Fsp3) is 0.647. The molecule has 3 rings (SSSR count). The first-order valence-corrected chi connectivity index (χ1v) is 8.12. The molecule has 1 N–H and O–H groups in total. The van der Waals surface area contributed by atoms with Gasteiger partial charge in [0.1, 0.15) is 5.69 Å². The Labute approximate surface area is 126 Å². The Hall–Kier alpha value is -1.58. The number of hydrogen-bond donors (Lipinski definition) is 1. The summed E-state index contributed by atoms with van der Waals surface area (Å²) >= 11 is 0. The SMILES string of the molecule is CCNc1ccc(C(=O)N(C)CC2CC3CCC2C3)nc1. The number of nitrogens with one attached hydrogen (secondary N) is 1. The van der Waals surface area contributed by atoms with E-state index in [2.05, 4.69) is 10.3 Å². The molecule has 0 spiro atoms. The summed E-state index contributed by atoms with van der Waals surface area (Å²) in [6.45, 7) is 3.79. The van der Waals surface area contributed by atoms with E-state index in [1.54, 1.807) is 6.20 Å². The average molecular weight is 287 g/mol. The van der Waals surface area contributed by atoms with Gasteiger partial charge in [-0.1, -0.05) is 6.42 Å². The van der Waals surface area contributed by atoms with Crippen LogP contribution in [0.15, 0.2) is 18.3 Å². The van der Waals surface area contributed by atoms with Crippen molar-refractivity contribution in [3.8, 4) is 0 Å². The maximum absolute atomic E-state index is 12.5. The largest absolute Gasteiger partial charge is 0.384 e. The summed E-state index contributed by atoms with van der Waals surface area (Å²) in [4.78, 5) is 18.6. The smallest absolute Gasteiger partial charge is 0.272 e. The molecule has 1 aromatic rings. The van der Waals surface area contributed by atoms with E-state index in [1.807, 2.05) is 31.0 Å². The third-order valence-electron chi connectivity index (χ3n) is 5.10. The van der Waals surface area contributed by atoms with Gasteiger partial charge in [-0.2, -0.15) is 0 Å². The zero-order chi connectivity index (χ0) is 14.8. The van der Waals surface area contributed by atoms with E-state index in [4.69, 9.17) is 0 Å². The second-order valence-electron chi connectivity index (χ2n) is 6.58. The van der Waals surface area contributed by atoms with Crippen LogP contribution in [0.1, 0.15) is 43.1 Å². The Kier molecular flexibility index (Phi) is 4.13. The fourth-order valence-corrected chi connectivity index (χ4v) is 4.06. The van der Waals surface area contributed by atoms with Gasteiger partial charge in [0.25, 0.3) is 5.91 Å². The molecule has 21 heavy (non-hydrogen) atoms. The Morgan fingerprint density at radius 3 is 2.81 bits per heavy atom. The molecular formula is C17H25N3O. The van der Waals surface area contributed by atoms with Crippen LogP contribution < -0.4 is 5.32 Å². The molecule has 0 aromatic carbocycles. The highest BCUT2D eigenvalue weighted by Crippen LogP contribution is 2.48. The van der Waals surface area contributed by atoms with Gasteiger partial charge in [-0.05, 0) is 56.1 Å². The molecule has 1 aromatic heterocycles. The molecular weight excluding hydrogens is 262 g/mol. The maximum atomic E-state index is 12.5. The van der Waals surface area contributed by atoms with Crippen LogP contribution in [0, 0.1) is 17.8 Å². The number of hydrogen-bond acceptors (Lipinski definition) is 3. The number of pyridine rings is 1. The average Bonchev–Trinajstić information content (AvgIpc) is 3.10. The molecule has 4 nitrogen and oxygen atoms in total. The molecule has 2 fully saturated rings. The van der Waals surface area contributed by atoms with Gasteiger partial charge in [-0.25, -0.2) is 4.98 Å². The van der Waals surface area contributed by atoms with Gasteiger partial charge in [0.15, 0.2) is 0 Å². The van der Waals surface area contributed by atoms with Crippen LogP contribution in [-0.4, -0.2) is 35.9 Å². The molecule has 1 amide bonds. The topological polar surface area (TPSA) is 45.2 Å². The molecule has 4 heteroatoms. The monoisotopic (exact) mass is 287 g/mol. The molecule has 0 radical (unpaired) electrons. The van der Waals surface area contributed by atoms with Crippen molar-refractivity contribution in [3.05, 3.63) is 24.0 Å². The van der Waals surface area contributed by atoms with Gasteiger partial charge in [0.2, 0.25) is 0 Å². The van der Waals surface area contributed by atoms with Crippen molar-refractivity contribution in [2.45, 2.75) is 32.6 Å². The fourth-order valence-electron chi connectivity index (χ4n) is 4.06. The van der Waals surface area contributed by atoms with Crippen molar-refractivity contribution in [2.75, 3.05) is 25.5 Å². The number of carbonyl (C=O) groups excluding carboxylic acids is 1. The van der Waals surface area contributed by atoms with Gasteiger partial charge >= 0.3 is 0 Å². The number of aromatic nitrogens is 1. The maximum Gasteiger partial charge on any atom is 0.272 e. The summed E-state index contributed by atoms with van der Waals surface area (Å²) in [5.74, 6) is 2.54. The number of fused-ring (bicyclic) bond motifs is 2. The first-order valence-electron chi connectivity index (χ1n) is 8.12. The second-order valence-corrected chi connectivity index (χ2v) is 6.58. The Bertz CT molecular complexity index is 499. The van der Waals surface area contributed by atoms with Crippen LogP contribution in [0.25, 0.3) is 0 Å². The van der Waals surface area contributed by atoms with Gasteiger partial charge in [0.05, 0.1) is 11.9 Å². The minimum Gasteiger partial charge on any atom is -0.384 e. The summed E-state index contributed by atoms with van der Waals surface area (Å²) in [7, 11) is 1.91. The van der Waals surface area contributed by atoms with Crippen LogP contribution in [0.5, 0.6) is 0 Å². The summed E-state index contributed by atoms with van der Waals surface area (Å²) < 4.78 is 0. The zero-order valence-electron chi connectivity index (χ0n) is 13.0. The third kappa shape index (κ3) is 3.04. The van der Waals surface area contributed by atoms with E-state index in [-0.39, 0.29) is 5.91 Å². The lowest BCUT2D eigenvalue weighted by atomic mass is 9.88. The first kappa shape index (κ1) is 14.4. The van der Waals surface area contributed by atoms with Crippen molar-refractivity contribution < 1.29 is 4.79 Å². The summed E-state index contributed by atoms with van der Waals surface area (Å²) in [6, 6.07) is 3.74. The second kappa shape index (κ2) is 6.04. The predicted octanol–water partition coefficient (Wildman–Crippen LogP) is 3.02. The molecule has 0 aliphatic heterocycles. The molecule has 3 unspecified atom stereocenters. The number of carbonyl (C=O) groups is 1. The van der Waals surface area contributed by atoms with Crippen LogP contribution in [0.2, 0.25) is 0 Å². The first-order chi connectivity index (χ1) is 10.2. The minimum absolute atomic E-state index is 0.0424. The van der Waals surface area contributed by atoms with Crippen LogP contribution in [-0.2, 0) is 0 Å². The lowest BCUT2D eigenvalue weighted by molar-refractivity contribution is 0.0748. The van der Waals surface area contributed by atoms with E-state index in [9.17, 15) is 4.79 Å². The summed E-state index contributed by atoms with van der Waals surface area (Å²) in [6.07, 6.45) is 7.22. The van der Waals surface area contributed by atoms with Crippen LogP contribution >= 0.6 is 0 Å². The van der Waals surface area contributed by atoms with Crippen molar-refractivity contribution in [2.24, 2.45) is 17.8 Å². The van der Waals surface area contributed by atoms with Gasteiger partial charge in [-0.15, -0.1) is 0 Å². The van der Waals surface area contributed by atoms with E-state index in [0.717, 1.165) is 30.6 Å². The normalized spacial score (nSPS) is 26.9. The van der Waals surface area contributed by atoms with Crippen molar-refractivity contribution in [3.63, 3.8) is 0 Å². The molecule has 2 aliphatic carbocycles. The Morgan fingerprint density at radius 2 is 2.24 bits per heavy atom. The van der Waals surface area contributed by atoms with Crippen molar-refractivity contribution in [1.82, 2.24) is 9.88 Å². The van der Waals surface area contributed by atoms with Gasteiger partial charge in [0, 0.05) is 20.1 Å². The number of anilines is 1. The van der Waals surface area contributed by atoms with E-state index in [0.29, 0.717) is 11.6 Å². The van der Waals surface area contributed by atoms with Gasteiger partial charge in [-0.3, -0.25) is 4.79 Å². The molecule has 2 bridgehead atoms. The third-order valence-corrected chi connectivity index (χ3v) is 5.10. The van der Waals surface area contributed by atoms with E-state index in [1.165, 1.54) is 25.7 Å². The molecule has 2 saturated carbocycles. The van der Waals surface area contributed by atoms with E-state index < -0.39 is 0 Å². The number of rotatable bonds is 5. The van der Waals surface area contributed by atoms with Gasteiger partial charge < -0.3 is 10.2 Å². The minimum atomic E-state index is 0.0424. The van der Waals surface area contributed by atoms with Crippen molar-refractivity contribution in [1.29, 1.82) is 0 Å². The van der Waals surface area contributed by atoms with Crippen molar-refractivity contribution >= 4 is 11.6 Å². The number of amides is 1. The molecule has 0 saturated heterocycles. The standard InChI is InChI=1S/C17H25N3O/c1-3-18-15-6-7-16(19-10-15)17(21)20(2)11-14-9-12-4-5-13(14)8-12/h6-7,10,12-14,18H,3-5,8-9,11H2,1-2H3. The highest BCUT2D eigenvalue weighted by Gasteiger charge is 2.40. The van der Waals surface area contributed by atoms with Crippen LogP contribution in [0.3, 0.4) is 0 Å². The summed E-state index contributed by atoms with van der Waals surface area (Å²) in [5.41, 5.74) is 1.51. The lowest BCUT2D eigenvalue weighted by Gasteiger charge is -2.27. The molecule has 1 heterocycles. The highest BCUT2D eigenvalue weighted by atomic mass is 16.2. The van der Waals surface area contributed by atoms with Crippen LogP contribution in [0.4, 0.5) is 5.69 Å². The lowest BCUT2D eigenvalue weighted by Crippen LogP contribution is -2.34. The quantitative estimate of drug-likeness (QED) is 0.905. The number of nitrogens with zero attached hydrogens (tertiary/aromatic N) is 2. The summed E-state index contributed by atoms with van der Waals surface area (Å²) in [5, 5.41) is 3.19. The predicted molar refractivity (Wildman–Crippen MR) is 84.3 cm³/mol. The van der Waals surface area contributed by atoms with E-state index >= 15 is 0 Å². The Balaban J connectivity index is 1.59. The molecule has 3 atom stereocenters. The molecule has 114 valence electrons. The Morgan fingerprint density at radius 1 is 1.38 bits per heavy atom.